The maximum atomic E-state index is 12.0. The average Bonchev–Trinajstić information content (AvgIpc) is 2.46. The predicted octanol–water partition coefficient (Wildman–Crippen LogP) is 1.57. The molecule has 0 aliphatic carbocycles. The van der Waals surface area contributed by atoms with Crippen LogP contribution in [0.3, 0.4) is 0 Å². The largest absolute Gasteiger partial charge is 0.495 e. The van der Waals surface area contributed by atoms with E-state index in [4.69, 9.17) is 15.2 Å². The van der Waals surface area contributed by atoms with E-state index in [1.54, 1.807) is 25.3 Å². The lowest BCUT2D eigenvalue weighted by Crippen LogP contribution is -2.27. The van der Waals surface area contributed by atoms with Gasteiger partial charge in [-0.3, -0.25) is 4.79 Å². The van der Waals surface area contributed by atoms with Gasteiger partial charge in [-0.15, -0.1) is 0 Å². The molecule has 0 saturated carbocycles. The Hall–Kier alpha value is -1.79. The van der Waals surface area contributed by atoms with E-state index in [9.17, 15) is 4.79 Å². The van der Waals surface area contributed by atoms with Gasteiger partial charge in [-0.25, -0.2) is 0 Å². The van der Waals surface area contributed by atoms with Crippen molar-refractivity contribution in [2.45, 2.75) is 13.3 Å². The van der Waals surface area contributed by atoms with Crippen molar-refractivity contribution < 1.29 is 14.3 Å². The van der Waals surface area contributed by atoms with Crippen LogP contribution in [0.4, 0.5) is 11.4 Å². The summed E-state index contributed by atoms with van der Waals surface area (Å²) < 4.78 is 10.5. The number of anilines is 2. The van der Waals surface area contributed by atoms with Gasteiger partial charge < -0.3 is 25.4 Å². The van der Waals surface area contributed by atoms with Gasteiger partial charge in [0.2, 0.25) is 5.91 Å². The maximum Gasteiger partial charge on any atom is 0.225 e. The van der Waals surface area contributed by atoms with Crippen molar-refractivity contribution >= 4 is 17.3 Å². The Morgan fingerprint density at radius 3 is 2.81 bits per heavy atom. The summed E-state index contributed by atoms with van der Waals surface area (Å²) in [7, 11) is 3.52. The van der Waals surface area contributed by atoms with E-state index in [1.807, 2.05) is 14.0 Å². The van der Waals surface area contributed by atoms with Gasteiger partial charge in [0, 0.05) is 31.8 Å². The molecular formula is C15H25N3O3. The van der Waals surface area contributed by atoms with Crippen molar-refractivity contribution in [1.29, 1.82) is 0 Å². The number of carbonyl (C=O) groups is 1. The first-order valence-corrected chi connectivity index (χ1v) is 7.06. The first-order chi connectivity index (χ1) is 10.1. The van der Waals surface area contributed by atoms with Crippen molar-refractivity contribution in [2.75, 3.05) is 51.5 Å². The van der Waals surface area contributed by atoms with Gasteiger partial charge in [-0.1, -0.05) is 0 Å². The number of carbonyl (C=O) groups excluding carboxylic acids is 1. The number of hydrogen-bond donors (Lipinski definition) is 2. The van der Waals surface area contributed by atoms with E-state index < -0.39 is 0 Å². The maximum absolute atomic E-state index is 12.0. The number of nitrogen functional groups attached to an aromatic ring is 1. The SMILES string of the molecule is CCOCCN(C)CCC(=O)Nc1cc(N)ccc1OC. The number of hydrogen-bond acceptors (Lipinski definition) is 5. The van der Waals surface area contributed by atoms with Crippen molar-refractivity contribution in [2.24, 2.45) is 0 Å². The second kappa shape index (κ2) is 9.20. The summed E-state index contributed by atoms with van der Waals surface area (Å²) in [6, 6.07) is 5.16. The number of nitrogens with two attached hydrogens (primary N) is 1. The smallest absolute Gasteiger partial charge is 0.225 e. The number of methoxy groups -OCH3 is 1. The van der Waals surface area contributed by atoms with Crippen LogP contribution in [0.25, 0.3) is 0 Å². The number of nitrogens with one attached hydrogen (secondary N) is 1. The van der Waals surface area contributed by atoms with Gasteiger partial charge in [0.15, 0.2) is 0 Å². The zero-order chi connectivity index (χ0) is 15.7. The zero-order valence-corrected chi connectivity index (χ0v) is 13.0. The third-order valence-electron chi connectivity index (χ3n) is 3.04. The Labute approximate surface area is 126 Å². The Morgan fingerprint density at radius 1 is 1.38 bits per heavy atom. The molecule has 1 aromatic rings. The molecule has 6 heteroatoms. The Balaban J connectivity index is 2.41. The standard InChI is InChI=1S/C15H25N3O3/c1-4-21-10-9-18(2)8-7-15(19)17-13-11-12(16)5-6-14(13)20-3/h5-6,11H,4,7-10,16H2,1-3H3,(H,17,19). The minimum atomic E-state index is -0.0674. The molecule has 0 fully saturated rings. The summed E-state index contributed by atoms with van der Waals surface area (Å²) in [5.41, 5.74) is 6.90. The molecule has 21 heavy (non-hydrogen) atoms. The van der Waals surface area contributed by atoms with E-state index in [-0.39, 0.29) is 5.91 Å². The lowest BCUT2D eigenvalue weighted by atomic mass is 10.2. The summed E-state index contributed by atoms with van der Waals surface area (Å²) in [5, 5.41) is 2.82. The molecule has 0 saturated heterocycles. The first-order valence-electron chi connectivity index (χ1n) is 7.06. The molecule has 0 atom stereocenters. The molecular weight excluding hydrogens is 270 g/mol. The molecule has 118 valence electrons. The second-order valence-corrected chi connectivity index (χ2v) is 4.76. The van der Waals surface area contributed by atoms with E-state index in [2.05, 4.69) is 10.2 Å². The zero-order valence-electron chi connectivity index (χ0n) is 13.0. The predicted molar refractivity (Wildman–Crippen MR) is 84.6 cm³/mol. The highest BCUT2D eigenvalue weighted by molar-refractivity contribution is 5.93. The molecule has 1 rings (SSSR count). The number of amides is 1. The molecule has 0 aromatic heterocycles. The lowest BCUT2D eigenvalue weighted by molar-refractivity contribution is -0.116. The highest BCUT2D eigenvalue weighted by atomic mass is 16.5. The van der Waals surface area contributed by atoms with E-state index in [0.29, 0.717) is 43.3 Å². The normalized spacial score (nSPS) is 10.7. The molecule has 0 aliphatic heterocycles. The van der Waals surface area contributed by atoms with Gasteiger partial charge in [0.05, 0.1) is 19.4 Å². The van der Waals surface area contributed by atoms with Crippen LogP contribution in [-0.4, -0.2) is 51.3 Å². The van der Waals surface area contributed by atoms with Crippen LogP contribution in [0.15, 0.2) is 18.2 Å². The summed E-state index contributed by atoms with van der Waals surface area (Å²) in [5.74, 6) is 0.532. The summed E-state index contributed by atoms with van der Waals surface area (Å²) in [4.78, 5) is 14.0. The highest BCUT2D eigenvalue weighted by Gasteiger charge is 2.09. The molecule has 1 aromatic carbocycles. The fourth-order valence-electron chi connectivity index (χ4n) is 1.80. The van der Waals surface area contributed by atoms with Crippen LogP contribution in [-0.2, 0) is 9.53 Å². The molecule has 6 nitrogen and oxygen atoms in total. The molecule has 0 spiro atoms. The van der Waals surface area contributed by atoms with Crippen molar-refractivity contribution in [3.8, 4) is 5.75 Å². The fourth-order valence-corrected chi connectivity index (χ4v) is 1.80. The van der Waals surface area contributed by atoms with Crippen LogP contribution in [0.1, 0.15) is 13.3 Å². The molecule has 3 N–H and O–H groups in total. The number of ether oxygens (including phenoxy) is 2. The molecule has 0 heterocycles. The first kappa shape index (κ1) is 17.3. The van der Waals surface area contributed by atoms with Crippen molar-refractivity contribution in [1.82, 2.24) is 4.90 Å². The Bertz CT molecular complexity index is 452. The third-order valence-corrected chi connectivity index (χ3v) is 3.04. The number of nitrogens with zero attached hydrogens (tertiary/aromatic N) is 1. The van der Waals surface area contributed by atoms with Gasteiger partial charge >= 0.3 is 0 Å². The van der Waals surface area contributed by atoms with Crippen LogP contribution < -0.4 is 15.8 Å². The molecule has 0 unspecified atom stereocenters. The molecule has 0 radical (unpaired) electrons. The minimum absolute atomic E-state index is 0.0674. The lowest BCUT2D eigenvalue weighted by Gasteiger charge is -2.16. The third kappa shape index (κ3) is 6.46. The van der Waals surface area contributed by atoms with E-state index in [0.717, 1.165) is 6.54 Å². The van der Waals surface area contributed by atoms with E-state index in [1.165, 1.54) is 0 Å². The minimum Gasteiger partial charge on any atom is -0.495 e. The fraction of sp³-hybridized carbons (Fsp3) is 0.533. The second-order valence-electron chi connectivity index (χ2n) is 4.76. The molecule has 0 aliphatic rings. The Morgan fingerprint density at radius 2 is 2.14 bits per heavy atom. The quantitative estimate of drug-likeness (QED) is 0.534. The van der Waals surface area contributed by atoms with Crippen molar-refractivity contribution in [3.05, 3.63) is 18.2 Å². The van der Waals surface area contributed by atoms with Crippen LogP contribution in [0, 0.1) is 0 Å². The monoisotopic (exact) mass is 295 g/mol. The van der Waals surface area contributed by atoms with Crippen LogP contribution in [0.5, 0.6) is 5.75 Å². The van der Waals surface area contributed by atoms with Gasteiger partial charge in [0.25, 0.3) is 0 Å². The van der Waals surface area contributed by atoms with Gasteiger partial charge in [0.1, 0.15) is 5.75 Å². The van der Waals surface area contributed by atoms with E-state index >= 15 is 0 Å². The highest BCUT2D eigenvalue weighted by Crippen LogP contribution is 2.26. The van der Waals surface area contributed by atoms with Crippen LogP contribution >= 0.6 is 0 Å². The Kier molecular flexibility index (Phi) is 7.56. The van der Waals surface area contributed by atoms with Crippen molar-refractivity contribution in [3.63, 3.8) is 0 Å². The molecule has 1 amide bonds. The number of rotatable bonds is 9. The summed E-state index contributed by atoms with van der Waals surface area (Å²) >= 11 is 0. The van der Waals surface area contributed by atoms with Crippen LogP contribution in [0.2, 0.25) is 0 Å². The number of benzene rings is 1. The summed E-state index contributed by atoms with van der Waals surface area (Å²) in [6.07, 6.45) is 0.403. The topological polar surface area (TPSA) is 76.8 Å². The van der Waals surface area contributed by atoms with Gasteiger partial charge in [-0.2, -0.15) is 0 Å². The number of likely N-dealkylation sites (N-methyl/N-ethyl adjacent to an activating group) is 1. The summed E-state index contributed by atoms with van der Waals surface area (Å²) in [6.45, 7) is 4.83. The van der Waals surface area contributed by atoms with Gasteiger partial charge in [-0.05, 0) is 32.2 Å². The molecule has 0 bridgehead atoms. The average molecular weight is 295 g/mol.